The van der Waals surface area contributed by atoms with E-state index in [0.29, 0.717) is 11.4 Å². The number of aryl methyl sites for hydroxylation is 1. The molecule has 33 heavy (non-hydrogen) atoms. The number of hydrogen-bond donors (Lipinski definition) is 1. The second-order valence-electron chi connectivity index (χ2n) is 9.47. The lowest BCUT2D eigenvalue weighted by Crippen LogP contribution is -2.44. The van der Waals surface area contributed by atoms with E-state index in [1.165, 1.54) is 6.07 Å². The SMILES string of the molecule is Cc1nnc(N[C@H](C)c2cccc3c2OCC3(F)F)c2cc(N3CCC4(COC4)C3)cnc12. The van der Waals surface area contributed by atoms with Gasteiger partial charge in [0, 0.05) is 29.5 Å². The van der Waals surface area contributed by atoms with Crippen molar-refractivity contribution >= 4 is 22.4 Å². The van der Waals surface area contributed by atoms with Crippen LogP contribution in [0.15, 0.2) is 30.5 Å². The fourth-order valence-electron chi connectivity index (χ4n) is 5.08. The third kappa shape index (κ3) is 3.28. The Hall–Kier alpha value is -3.07. The van der Waals surface area contributed by atoms with Crippen molar-refractivity contribution in [3.05, 3.63) is 47.3 Å². The standard InChI is InChI=1S/C24H25F2N5O2/c1-14(17-4-3-5-19-21(17)33-13-24(19,25)26)28-22-18-8-16(9-27-20(18)15(2)29-30-22)31-7-6-23(10-31)11-32-12-23/h3-5,8-9,14H,6-7,10-13H2,1-2H3,(H,28,30)/t14-/m1/s1. The minimum atomic E-state index is -2.97. The van der Waals surface area contributed by atoms with Gasteiger partial charge in [-0.3, -0.25) is 4.98 Å². The Labute approximate surface area is 190 Å². The van der Waals surface area contributed by atoms with Crippen LogP contribution in [0, 0.1) is 12.3 Å². The van der Waals surface area contributed by atoms with Crippen molar-refractivity contribution in [3.8, 4) is 5.75 Å². The Morgan fingerprint density at radius 2 is 2.03 bits per heavy atom. The van der Waals surface area contributed by atoms with Gasteiger partial charge in [0.05, 0.1) is 47.9 Å². The molecule has 3 aliphatic heterocycles. The molecule has 9 heteroatoms. The molecule has 3 aliphatic rings. The van der Waals surface area contributed by atoms with Crippen molar-refractivity contribution in [3.63, 3.8) is 0 Å². The van der Waals surface area contributed by atoms with Crippen molar-refractivity contribution in [2.24, 2.45) is 5.41 Å². The number of ether oxygens (including phenoxy) is 2. The van der Waals surface area contributed by atoms with Crippen LogP contribution < -0.4 is 15.0 Å². The van der Waals surface area contributed by atoms with Gasteiger partial charge in [-0.2, -0.15) is 13.9 Å². The molecule has 3 aromatic rings. The van der Waals surface area contributed by atoms with E-state index in [1.54, 1.807) is 12.1 Å². The van der Waals surface area contributed by atoms with Gasteiger partial charge >= 0.3 is 5.92 Å². The van der Waals surface area contributed by atoms with Crippen molar-refractivity contribution in [2.75, 3.05) is 43.1 Å². The van der Waals surface area contributed by atoms with Crippen molar-refractivity contribution in [1.29, 1.82) is 0 Å². The lowest BCUT2D eigenvalue weighted by atomic mass is 9.85. The van der Waals surface area contributed by atoms with E-state index < -0.39 is 12.5 Å². The molecular formula is C24H25F2N5O2. The summed E-state index contributed by atoms with van der Waals surface area (Å²) in [6.07, 6.45) is 3.01. The molecule has 172 valence electrons. The second-order valence-corrected chi connectivity index (χ2v) is 9.47. The van der Waals surface area contributed by atoms with Crippen LogP contribution in [0.5, 0.6) is 5.75 Å². The Morgan fingerprint density at radius 1 is 1.18 bits per heavy atom. The Kier molecular flexibility index (Phi) is 4.49. The molecule has 1 aromatic carbocycles. The molecule has 6 rings (SSSR count). The molecular weight excluding hydrogens is 428 g/mol. The number of nitrogens with zero attached hydrogens (tertiary/aromatic N) is 4. The molecule has 1 atom stereocenters. The fraction of sp³-hybridized carbons (Fsp3) is 0.458. The largest absolute Gasteiger partial charge is 0.486 e. The van der Waals surface area contributed by atoms with Crippen LogP contribution in [-0.4, -0.2) is 48.1 Å². The highest BCUT2D eigenvalue weighted by atomic mass is 19.3. The predicted octanol–water partition coefficient (Wildman–Crippen LogP) is 4.22. The molecule has 0 aliphatic carbocycles. The monoisotopic (exact) mass is 453 g/mol. The van der Waals surface area contributed by atoms with E-state index in [2.05, 4.69) is 26.5 Å². The zero-order valence-corrected chi connectivity index (χ0v) is 18.6. The van der Waals surface area contributed by atoms with Gasteiger partial charge < -0.3 is 19.7 Å². The van der Waals surface area contributed by atoms with Gasteiger partial charge in [0.1, 0.15) is 5.75 Å². The number of nitrogens with one attached hydrogen (secondary N) is 1. The molecule has 2 saturated heterocycles. The average molecular weight is 453 g/mol. The van der Waals surface area contributed by atoms with E-state index >= 15 is 0 Å². The van der Waals surface area contributed by atoms with Crippen LogP contribution >= 0.6 is 0 Å². The first-order chi connectivity index (χ1) is 15.9. The van der Waals surface area contributed by atoms with Crippen LogP contribution in [-0.2, 0) is 10.7 Å². The molecule has 5 heterocycles. The molecule has 7 nitrogen and oxygen atoms in total. The third-order valence-electron chi connectivity index (χ3n) is 7.05. The summed E-state index contributed by atoms with van der Waals surface area (Å²) in [6, 6.07) is 6.64. The molecule has 1 N–H and O–H groups in total. The van der Waals surface area contributed by atoms with E-state index in [9.17, 15) is 8.78 Å². The maximum absolute atomic E-state index is 14.1. The van der Waals surface area contributed by atoms with Gasteiger partial charge in [-0.05, 0) is 32.4 Å². The second kappa shape index (κ2) is 7.21. The Morgan fingerprint density at radius 3 is 2.79 bits per heavy atom. The molecule has 0 unspecified atom stereocenters. The highest BCUT2D eigenvalue weighted by Crippen LogP contribution is 2.45. The summed E-state index contributed by atoms with van der Waals surface area (Å²) in [5, 5.41) is 12.9. The van der Waals surface area contributed by atoms with E-state index in [4.69, 9.17) is 14.5 Å². The zero-order valence-electron chi connectivity index (χ0n) is 18.6. The number of aromatic nitrogens is 3. The number of fused-ring (bicyclic) bond motifs is 2. The van der Waals surface area contributed by atoms with Crippen LogP contribution in [0.2, 0.25) is 0 Å². The smallest absolute Gasteiger partial charge is 0.310 e. The number of anilines is 2. The maximum Gasteiger partial charge on any atom is 0.310 e. The maximum atomic E-state index is 14.1. The minimum Gasteiger partial charge on any atom is -0.486 e. The predicted molar refractivity (Wildman–Crippen MR) is 120 cm³/mol. The molecule has 1 spiro atoms. The van der Waals surface area contributed by atoms with Crippen LogP contribution in [0.3, 0.4) is 0 Å². The zero-order chi connectivity index (χ0) is 22.8. The van der Waals surface area contributed by atoms with Crippen molar-refractivity contribution in [1.82, 2.24) is 15.2 Å². The molecule has 0 radical (unpaired) electrons. The molecule has 2 aromatic heterocycles. The van der Waals surface area contributed by atoms with Gasteiger partial charge in [0.2, 0.25) is 0 Å². The fourth-order valence-corrected chi connectivity index (χ4v) is 5.08. The molecule has 0 amide bonds. The summed E-state index contributed by atoms with van der Waals surface area (Å²) in [5.74, 6) is -2.16. The van der Waals surface area contributed by atoms with Gasteiger partial charge in [-0.25, -0.2) is 0 Å². The lowest BCUT2D eigenvalue weighted by Gasteiger charge is -2.37. The first kappa shape index (κ1) is 20.5. The van der Waals surface area contributed by atoms with Crippen LogP contribution in [0.4, 0.5) is 20.3 Å². The van der Waals surface area contributed by atoms with Gasteiger partial charge in [0.15, 0.2) is 12.4 Å². The highest BCUT2D eigenvalue weighted by molar-refractivity contribution is 5.92. The third-order valence-corrected chi connectivity index (χ3v) is 7.05. The normalized spacial score (nSPS) is 21.0. The van der Waals surface area contributed by atoms with E-state index in [-0.39, 0.29) is 22.8 Å². The summed E-state index contributed by atoms with van der Waals surface area (Å²) in [5.41, 5.74) is 3.41. The molecule has 0 bridgehead atoms. The lowest BCUT2D eigenvalue weighted by molar-refractivity contribution is -0.0985. The van der Waals surface area contributed by atoms with Crippen molar-refractivity contribution < 1.29 is 18.3 Å². The Bertz CT molecular complexity index is 1250. The topological polar surface area (TPSA) is 72.4 Å². The van der Waals surface area contributed by atoms with Gasteiger partial charge in [0.25, 0.3) is 0 Å². The summed E-state index contributed by atoms with van der Waals surface area (Å²) >= 11 is 0. The number of benzene rings is 1. The number of alkyl halides is 2. The number of rotatable bonds is 4. The highest BCUT2D eigenvalue weighted by Gasteiger charge is 2.45. The summed E-state index contributed by atoms with van der Waals surface area (Å²) in [6.45, 7) is 6.72. The number of pyridine rings is 1. The van der Waals surface area contributed by atoms with Crippen molar-refractivity contribution in [2.45, 2.75) is 32.2 Å². The van der Waals surface area contributed by atoms with E-state index in [0.717, 1.165) is 55.0 Å². The summed E-state index contributed by atoms with van der Waals surface area (Å²) in [4.78, 5) is 7.04. The number of para-hydroxylation sites is 1. The summed E-state index contributed by atoms with van der Waals surface area (Å²) < 4.78 is 39.1. The number of hydrogen-bond acceptors (Lipinski definition) is 7. The van der Waals surface area contributed by atoms with Gasteiger partial charge in [-0.15, -0.1) is 5.10 Å². The molecule has 0 saturated carbocycles. The van der Waals surface area contributed by atoms with Crippen LogP contribution in [0.1, 0.15) is 36.2 Å². The quantitative estimate of drug-likeness (QED) is 0.634. The minimum absolute atomic E-state index is 0.0691. The number of halogens is 2. The molecule has 2 fully saturated rings. The Balaban J connectivity index is 1.33. The van der Waals surface area contributed by atoms with Crippen LogP contribution in [0.25, 0.3) is 10.9 Å². The van der Waals surface area contributed by atoms with E-state index in [1.807, 2.05) is 20.0 Å². The average Bonchev–Trinajstić information content (AvgIpc) is 3.38. The first-order valence-corrected chi connectivity index (χ1v) is 11.2. The summed E-state index contributed by atoms with van der Waals surface area (Å²) in [7, 11) is 0. The first-order valence-electron chi connectivity index (χ1n) is 11.2. The van der Waals surface area contributed by atoms with Gasteiger partial charge in [-0.1, -0.05) is 12.1 Å².